The van der Waals surface area contributed by atoms with Gasteiger partial charge in [0.25, 0.3) is 0 Å². The zero-order chi connectivity index (χ0) is 14.1. The molecular formula is C18H28O. The van der Waals surface area contributed by atoms with E-state index in [-0.39, 0.29) is 0 Å². The number of aryl methyl sites for hydroxylation is 1. The Balaban J connectivity index is 0.000000861. The first-order valence-corrected chi connectivity index (χ1v) is 7.72. The predicted molar refractivity (Wildman–Crippen MR) is 84.6 cm³/mol. The summed E-state index contributed by atoms with van der Waals surface area (Å²) < 4.78 is 5.42. The van der Waals surface area contributed by atoms with Crippen LogP contribution in [-0.2, 0) is 6.42 Å². The second kappa shape index (κ2) is 8.79. The summed E-state index contributed by atoms with van der Waals surface area (Å²) in [5.41, 5.74) is 2.42. The maximum atomic E-state index is 5.42. The van der Waals surface area contributed by atoms with Crippen molar-refractivity contribution < 1.29 is 4.42 Å². The minimum atomic E-state index is 0.842. The lowest BCUT2D eigenvalue weighted by Gasteiger charge is -2.04. The van der Waals surface area contributed by atoms with Crippen LogP contribution in [0.2, 0.25) is 0 Å². The first-order valence-electron chi connectivity index (χ1n) is 7.72. The summed E-state index contributed by atoms with van der Waals surface area (Å²) in [6, 6.07) is 8.57. The number of hydrogen-bond acceptors (Lipinski definition) is 1. The molecule has 0 bridgehead atoms. The van der Waals surface area contributed by atoms with Gasteiger partial charge in [-0.25, -0.2) is 0 Å². The molecule has 0 saturated heterocycles. The summed E-state index contributed by atoms with van der Waals surface area (Å²) in [6.45, 7) is 8.59. The van der Waals surface area contributed by atoms with E-state index in [1.54, 1.807) is 6.26 Å². The molecule has 0 spiro atoms. The fourth-order valence-corrected chi connectivity index (χ4v) is 2.21. The smallest absolute Gasteiger partial charge is 0.134 e. The predicted octanol–water partition coefficient (Wildman–Crippen LogP) is 6.22. The summed E-state index contributed by atoms with van der Waals surface area (Å²) in [6.07, 6.45) is 8.29. The van der Waals surface area contributed by atoms with Crippen LogP contribution in [0.4, 0.5) is 0 Å². The Morgan fingerprint density at radius 1 is 1.00 bits per heavy atom. The van der Waals surface area contributed by atoms with Crippen LogP contribution in [0.5, 0.6) is 0 Å². The lowest BCUT2D eigenvalue weighted by molar-refractivity contribution is 0.527. The fraction of sp³-hybridized carbons (Fsp3) is 0.556. The maximum Gasteiger partial charge on any atom is 0.134 e. The Bertz CT molecular complexity index is 453. The standard InChI is InChI=1S/C16H22O.C2H6/c1-13(2)6-4-3-5-7-14-8-9-15-10-11-17-16(15)12-14;1-2/h8-13H,3-7H2,1-2H3;1-2H3. The number of fused-ring (bicyclic) bond motifs is 1. The molecule has 0 fully saturated rings. The van der Waals surface area contributed by atoms with Crippen LogP contribution in [0.25, 0.3) is 11.0 Å². The maximum absolute atomic E-state index is 5.42. The minimum absolute atomic E-state index is 0.842. The molecule has 1 aromatic heterocycles. The SMILES string of the molecule is CC.CC(C)CCCCCc1ccc2ccoc2c1. The molecule has 2 rings (SSSR count). The first kappa shape index (κ1) is 15.8. The normalized spacial score (nSPS) is 10.6. The van der Waals surface area contributed by atoms with Crippen LogP contribution in [0.1, 0.15) is 58.9 Å². The molecule has 19 heavy (non-hydrogen) atoms. The van der Waals surface area contributed by atoms with E-state index in [0.717, 1.165) is 11.5 Å². The lowest BCUT2D eigenvalue weighted by Crippen LogP contribution is -1.89. The molecular weight excluding hydrogens is 232 g/mol. The minimum Gasteiger partial charge on any atom is -0.464 e. The third kappa shape index (κ3) is 5.50. The van der Waals surface area contributed by atoms with Gasteiger partial charge in [0.05, 0.1) is 6.26 Å². The van der Waals surface area contributed by atoms with Crippen LogP contribution >= 0.6 is 0 Å². The Labute approximate surface area is 118 Å². The number of benzene rings is 1. The van der Waals surface area contributed by atoms with E-state index in [4.69, 9.17) is 4.42 Å². The lowest BCUT2D eigenvalue weighted by atomic mass is 10.0. The molecule has 1 heterocycles. The van der Waals surface area contributed by atoms with E-state index in [0.29, 0.717) is 0 Å². The molecule has 0 unspecified atom stereocenters. The second-order valence-electron chi connectivity index (χ2n) is 5.29. The van der Waals surface area contributed by atoms with E-state index in [1.807, 2.05) is 19.9 Å². The van der Waals surface area contributed by atoms with Crippen LogP contribution < -0.4 is 0 Å². The first-order chi connectivity index (χ1) is 9.25. The number of rotatable bonds is 6. The van der Waals surface area contributed by atoms with Crippen LogP contribution in [0.15, 0.2) is 34.9 Å². The van der Waals surface area contributed by atoms with Crippen molar-refractivity contribution in [2.45, 2.75) is 59.8 Å². The van der Waals surface area contributed by atoms with E-state index in [9.17, 15) is 0 Å². The van der Waals surface area contributed by atoms with Crippen LogP contribution in [-0.4, -0.2) is 0 Å². The van der Waals surface area contributed by atoms with Gasteiger partial charge in [-0.15, -0.1) is 0 Å². The van der Waals surface area contributed by atoms with Gasteiger partial charge >= 0.3 is 0 Å². The highest BCUT2D eigenvalue weighted by atomic mass is 16.3. The molecule has 0 atom stereocenters. The highest BCUT2D eigenvalue weighted by molar-refractivity contribution is 5.77. The Morgan fingerprint density at radius 2 is 1.79 bits per heavy atom. The van der Waals surface area contributed by atoms with Gasteiger partial charge < -0.3 is 4.42 Å². The molecule has 0 aliphatic rings. The Morgan fingerprint density at radius 3 is 2.53 bits per heavy atom. The van der Waals surface area contributed by atoms with Crippen LogP contribution in [0.3, 0.4) is 0 Å². The van der Waals surface area contributed by atoms with Gasteiger partial charge in [-0.05, 0) is 36.5 Å². The molecule has 0 aliphatic carbocycles. The molecule has 0 N–H and O–H groups in total. The zero-order valence-electron chi connectivity index (χ0n) is 12.9. The zero-order valence-corrected chi connectivity index (χ0v) is 12.9. The summed E-state index contributed by atoms with van der Waals surface area (Å²) in [5.74, 6) is 0.842. The van der Waals surface area contributed by atoms with Gasteiger partial charge in [-0.2, -0.15) is 0 Å². The summed E-state index contributed by atoms with van der Waals surface area (Å²) in [4.78, 5) is 0. The number of furan rings is 1. The molecule has 0 saturated carbocycles. The van der Waals surface area contributed by atoms with Crippen LogP contribution in [0, 0.1) is 5.92 Å². The van der Waals surface area contributed by atoms with Crippen molar-refractivity contribution in [1.29, 1.82) is 0 Å². The van der Waals surface area contributed by atoms with E-state index < -0.39 is 0 Å². The topological polar surface area (TPSA) is 13.1 Å². The number of hydrogen-bond donors (Lipinski definition) is 0. The summed E-state index contributed by atoms with van der Waals surface area (Å²) in [5, 5.41) is 1.20. The summed E-state index contributed by atoms with van der Waals surface area (Å²) >= 11 is 0. The average Bonchev–Trinajstić information content (AvgIpc) is 2.88. The Kier molecular flexibility index (Phi) is 7.32. The highest BCUT2D eigenvalue weighted by Gasteiger charge is 2.00. The molecule has 106 valence electrons. The van der Waals surface area contributed by atoms with Crippen molar-refractivity contribution in [2.75, 3.05) is 0 Å². The highest BCUT2D eigenvalue weighted by Crippen LogP contribution is 2.18. The quantitative estimate of drug-likeness (QED) is 0.562. The van der Waals surface area contributed by atoms with Gasteiger partial charge in [-0.1, -0.05) is 59.1 Å². The van der Waals surface area contributed by atoms with Gasteiger partial charge in [0.2, 0.25) is 0 Å². The van der Waals surface area contributed by atoms with Gasteiger partial charge in [0.1, 0.15) is 5.58 Å². The van der Waals surface area contributed by atoms with E-state index >= 15 is 0 Å². The molecule has 0 amide bonds. The van der Waals surface area contributed by atoms with Gasteiger partial charge in [0, 0.05) is 5.39 Å². The molecule has 1 aromatic carbocycles. The van der Waals surface area contributed by atoms with Crippen molar-refractivity contribution in [2.24, 2.45) is 5.92 Å². The average molecular weight is 260 g/mol. The number of unbranched alkanes of at least 4 members (excludes halogenated alkanes) is 2. The van der Waals surface area contributed by atoms with Gasteiger partial charge in [-0.3, -0.25) is 0 Å². The van der Waals surface area contributed by atoms with Crippen molar-refractivity contribution in [3.05, 3.63) is 36.1 Å². The third-order valence-corrected chi connectivity index (χ3v) is 3.27. The third-order valence-electron chi connectivity index (χ3n) is 3.27. The fourth-order valence-electron chi connectivity index (χ4n) is 2.21. The van der Waals surface area contributed by atoms with Crippen molar-refractivity contribution in [3.8, 4) is 0 Å². The monoisotopic (exact) mass is 260 g/mol. The van der Waals surface area contributed by atoms with Gasteiger partial charge in [0.15, 0.2) is 0 Å². The molecule has 0 radical (unpaired) electrons. The van der Waals surface area contributed by atoms with Crippen molar-refractivity contribution in [3.63, 3.8) is 0 Å². The summed E-state index contributed by atoms with van der Waals surface area (Å²) in [7, 11) is 0. The van der Waals surface area contributed by atoms with E-state index in [1.165, 1.54) is 43.1 Å². The Hall–Kier alpha value is -1.24. The second-order valence-corrected chi connectivity index (χ2v) is 5.29. The molecule has 1 heteroatoms. The molecule has 2 aromatic rings. The molecule has 0 aliphatic heterocycles. The van der Waals surface area contributed by atoms with Crippen molar-refractivity contribution in [1.82, 2.24) is 0 Å². The van der Waals surface area contributed by atoms with Crippen molar-refractivity contribution >= 4 is 11.0 Å². The van der Waals surface area contributed by atoms with E-state index in [2.05, 4.69) is 32.0 Å². The largest absolute Gasteiger partial charge is 0.464 e. The molecule has 1 nitrogen and oxygen atoms in total.